The molecule has 0 saturated carbocycles. The van der Waals surface area contributed by atoms with Gasteiger partial charge in [0.25, 0.3) is 0 Å². The lowest BCUT2D eigenvalue weighted by Crippen LogP contribution is -2.24. The molecule has 1 saturated heterocycles. The maximum absolute atomic E-state index is 11.9. The fourth-order valence-corrected chi connectivity index (χ4v) is 3.64. The molecule has 6 heteroatoms. The number of fused-ring (bicyclic) bond motifs is 1. The highest BCUT2D eigenvalue weighted by molar-refractivity contribution is 7.80. The van der Waals surface area contributed by atoms with E-state index >= 15 is 0 Å². The third-order valence-electron chi connectivity index (χ3n) is 3.05. The molecule has 1 aromatic carbocycles. The molecule has 1 aliphatic heterocycles. The molecule has 1 unspecified atom stereocenters. The molecule has 2 aromatic rings. The van der Waals surface area contributed by atoms with Crippen LogP contribution < -0.4 is 4.90 Å². The van der Waals surface area contributed by atoms with E-state index in [-0.39, 0.29) is 5.91 Å². The standard InChI is InChI=1S/C12H11ClN2OS2/c13-8-2-1-3-9-11(8)14-12(18-9)15-5-7(6-17)4-10(15)16/h1-3,7,17H,4-6H2. The average molecular weight is 299 g/mol. The number of carbonyl (C=O) groups is 1. The van der Waals surface area contributed by atoms with E-state index in [9.17, 15) is 4.79 Å². The van der Waals surface area contributed by atoms with Crippen LogP contribution >= 0.6 is 35.6 Å². The van der Waals surface area contributed by atoms with Crippen LogP contribution in [-0.2, 0) is 4.79 Å². The molecule has 18 heavy (non-hydrogen) atoms. The zero-order valence-corrected chi connectivity index (χ0v) is 11.9. The van der Waals surface area contributed by atoms with Gasteiger partial charge in [0.05, 0.1) is 9.72 Å². The van der Waals surface area contributed by atoms with Crippen molar-refractivity contribution in [1.29, 1.82) is 0 Å². The minimum Gasteiger partial charge on any atom is -0.288 e. The van der Waals surface area contributed by atoms with Gasteiger partial charge in [-0.3, -0.25) is 9.69 Å². The molecule has 94 valence electrons. The second-order valence-electron chi connectivity index (χ2n) is 4.34. The summed E-state index contributed by atoms with van der Waals surface area (Å²) < 4.78 is 1.01. The highest BCUT2D eigenvalue weighted by atomic mass is 35.5. The zero-order chi connectivity index (χ0) is 12.7. The van der Waals surface area contributed by atoms with Gasteiger partial charge in [0.15, 0.2) is 5.13 Å². The molecular weight excluding hydrogens is 288 g/mol. The first kappa shape index (κ1) is 12.3. The Morgan fingerprint density at radius 3 is 3.06 bits per heavy atom. The number of halogens is 1. The van der Waals surface area contributed by atoms with Gasteiger partial charge in [0, 0.05) is 13.0 Å². The number of carbonyl (C=O) groups excluding carboxylic acids is 1. The molecule has 2 heterocycles. The quantitative estimate of drug-likeness (QED) is 0.864. The third-order valence-corrected chi connectivity index (χ3v) is 4.92. The molecular formula is C12H11ClN2OS2. The van der Waals surface area contributed by atoms with E-state index in [1.54, 1.807) is 4.90 Å². The van der Waals surface area contributed by atoms with Crippen molar-refractivity contribution in [2.75, 3.05) is 17.2 Å². The minimum atomic E-state index is 0.129. The van der Waals surface area contributed by atoms with Crippen LogP contribution in [0.15, 0.2) is 18.2 Å². The average Bonchev–Trinajstić information content (AvgIpc) is 2.93. The fraction of sp³-hybridized carbons (Fsp3) is 0.333. The smallest absolute Gasteiger partial charge is 0.229 e. The van der Waals surface area contributed by atoms with Crippen molar-refractivity contribution in [3.05, 3.63) is 23.2 Å². The van der Waals surface area contributed by atoms with Gasteiger partial charge in [0.1, 0.15) is 5.52 Å². The number of thiazole rings is 1. The number of para-hydroxylation sites is 1. The number of aromatic nitrogens is 1. The summed E-state index contributed by atoms with van der Waals surface area (Å²) in [7, 11) is 0. The van der Waals surface area contributed by atoms with Crippen LogP contribution in [0.2, 0.25) is 5.02 Å². The number of benzene rings is 1. The molecule has 0 radical (unpaired) electrons. The van der Waals surface area contributed by atoms with Crippen molar-refractivity contribution < 1.29 is 4.79 Å². The minimum absolute atomic E-state index is 0.129. The second kappa shape index (κ2) is 4.72. The number of thiol groups is 1. The number of amides is 1. The second-order valence-corrected chi connectivity index (χ2v) is 6.12. The maximum atomic E-state index is 11.9. The van der Waals surface area contributed by atoms with Gasteiger partial charge in [-0.2, -0.15) is 12.6 Å². The van der Waals surface area contributed by atoms with Gasteiger partial charge in [-0.1, -0.05) is 29.0 Å². The summed E-state index contributed by atoms with van der Waals surface area (Å²) in [6, 6.07) is 5.68. The normalized spacial score (nSPS) is 20.0. The Bertz CT molecular complexity index is 613. The van der Waals surface area contributed by atoms with Crippen molar-refractivity contribution in [2.45, 2.75) is 6.42 Å². The lowest BCUT2D eigenvalue weighted by atomic mass is 10.1. The van der Waals surface area contributed by atoms with E-state index in [0.717, 1.165) is 21.1 Å². The Labute approximate surface area is 119 Å². The SMILES string of the molecule is O=C1CC(CS)CN1c1nc2c(Cl)cccc2s1. The van der Waals surface area contributed by atoms with Gasteiger partial charge >= 0.3 is 0 Å². The van der Waals surface area contributed by atoms with Gasteiger partial charge in [0.2, 0.25) is 5.91 Å². The summed E-state index contributed by atoms with van der Waals surface area (Å²) in [6.45, 7) is 0.708. The van der Waals surface area contributed by atoms with Crippen molar-refractivity contribution >= 4 is 56.8 Å². The molecule has 0 aliphatic carbocycles. The first-order chi connectivity index (χ1) is 8.69. The van der Waals surface area contributed by atoms with Crippen LogP contribution in [0.4, 0.5) is 5.13 Å². The maximum Gasteiger partial charge on any atom is 0.229 e. The van der Waals surface area contributed by atoms with E-state index < -0.39 is 0 Å². The number of nitrogens with zero attached hydrogens (tertiary/aromatic N) is 2. The van der Waals surface area contributed by atoms with E-state index in [1.165, 1.54) is 11.3 Å². The van der Waals surface area contributed by atoms with Crippen molar-refractivity contribution in [3.63, 3.8) is 0 Å². The number of rotatable bonds is 2. The summed E-state index contributed by atoms with van der Waals surface area (Å²) in [5.74, 6) is 1.18. The molecule has 1 amide bonds. The van der Waals surface area contributed by atoms with Crippen LogP contribution in [0.3, 0.4) is 0 Å². The highest BCUT2D eigenvalue weighted by Gasteiger charge is 2.31. The van der Waals surface area contributed by atoms with E-state index in [4.69, 9.17) is 11.6 Å². The largest absolute Gasteiger partial charge is 0.288 e. The number of hydrogen-bond donors (Lipinski definition) is 1. The van der Waals surface area contributed by atoms with Crippen molar-refractivity contribution in [2.24, 2.45) is 5.92 Å². The first-order valence-electron chi connectivity index (χ1n) is 5.65. The molecule has 0 bridgehead atoms. The predicted octanol–water partition coefficient (Wildman–Crippen LogP) is 3.23. The Balaban J connectivity index is 2.00. The Hall–Kier alpha value is -0.780. The topological polar surface area (TPSA) is 33.2 Å². The Morgan fingerprint density at radius 2 is 2.39 bits per heavy atom. The molecule has 1 aromatic heterocycles. The summed E-state index contributed by atoms with van der Waals surface area (Å²) in [5.41, 5.74) is 0.779. The highest BCUT2D eigenvalue weighted by Crippen LogP contribution is 2.35. The number of anilines is 1. The zero-order valence-electron chi connectivity index (χ0n) is 9.47. The van der Waals surface area contributed by atoms with Crippen LogP contribution in [0.1, 0.15) is 6.42 Å². The van der Waals surface area contributed by atoms with Crippen molar-refractivity contribution in [1.82, 2.24) is 4.98 Å². The predicted molar refractivity (Wildman–Crippen MR) is 78.9 cm³/mol. The molecule has 1 fully saturated rings. The monoisotopic (exact) mass is 298 g/mol. The molecule has 0 N–H and O–H groups in total. The number of hydrogen-bond acceptors (Lipinski definition) is 4. The summed E-state index contributed by atoms with van der Waals surface area (Å²) in [6.07, 6.45) is 0.563. The van der Waals surface area contributed by atoms with Gasteiger partial charge in [-0.25, -0.2) is 4.98 Å². The molecule has 1 atom stereocenters. The lowest BCUT2D eigenvalue weighted by Gasteiger charge is -2.11. The van der Waals surface area contributed by atoms with Gasteiger partial charge in [-0.05, 0) is 23.8 Å². The summed E-state index contributed by atoms with van der Waals surface area (Å²) in [4.78, 5) is 18.2. The first-order valence-corrected chi connectivity index (χ1v) is 7.48. The van der Waals surface area contributed by atoms with E-state index in [2.05, 4.69) is 17.6 Å². The molecule has 1 aliphatic rings. The lowest BCUT2D eigenvalue weighted by molar-refractivity contribution is -0.117. The van der Waals surface area contributed by atoms with Crippen LogP contribution in [-0.4, -0.2) is 23.2 Å². The van der Waals surface area contributed by atoms with Crippen molar-refractivity contribution in [3.8, 4) is 0 Å². The van der Waals surface area contributed by atoms with Crippen LogP contribution in [0.5, 0.6) is 0 Å². The Morgan fingerprint density at radius 1 is 1.56 bits per heavy atom. The van der Waals surface area contributed by atoms with Gasteiger partial charge < -0.3 is 0 Å². The molecule has 3 nitrogen and oxygen atoms in total. The third kappa shape index (κ3) is 2.00. The molecule has 3 rings (SSSR count). The van der Waals surface area contributed by atoms with E-state index in [1.807, 2.05) is 18.2 Å². The van der Waals surface area contributed by atoms with E-state index in [0.29, 0.717) is 23.9 Å². The summed E-state index contributed by atoms with van der Waals surface area (Å²) in [5, 5.41) is 1.37. The van der Waals surface area contributed by atoms with Crippen LogP contribution in [0.25, 0.3) is 10.2 Å². The molecule has 0 spiro atoms. The summed E-state index contributed by atoms with van der Waals surface area (Å²) >= 11 is 11.9. The fourth-order valence-electron chi connectivity index (χ4n) is 2.11. The Kier molecular flexibility index (Phi) is 3.21. The van der Waals surface area contributed by atoms with Gasteiger partial charge in [-0.15, -0.1) is 0 Å². The van der Waals surface area contributed by atoms with Crippen LogP contribution in [0, 0.1) is 5.92 Å².